The summed E-state index contributed by atoms with van der Waals surface area (Å²) in [5.74, 6) is -3.87. The third kappa shape index (κ3) is 3.32. The number of para-hydroxylation sites is 1. The summed E-state index contributed by atoms with van der Waals surface area (Å²) in [7, 11) is 3.49. The zero-order valence-electron chi connectivity index (χ0n) is 15.0. The zero-order chi connectivity index (χ0) is 19.7. The van der Waals surface area contributed by atoms with Crippen molar-refractivity contribution in [1.29, 1.82) is 0 Å². The first-order valence-corrected chi connectivity index (χ1v) is 8.26. The first-order chi connectivity index (χ1) is 12.8. The van der Waals surface area contributed by atoms with Crippen molar-refractivity contribution in [2.24, 2.45) is 0 Å². The van der Waals surface area contributed by atoms with Gasteiger partial charge in [0.1, 0.15) is 11.4 Å². The normalized spacial score (nSPS) is 10.9. The molecule has 0 saturated carbocycles. The van der Waals surface area contributed by atoms with Gasteiger partial charge in [-0.3, -0.25) is 4.98 Å². The van der Waals surface area contributed by atoms with Crippen molar-refractivity contribution >= 4 is 22.6 Å². The molecule has 0 amide bonds. The van der Waals surface area contributed by atoms with Gasteiger partial charge in [0.2, 0.25) is 0 Å². The Balaban J connectivity index is 2.33. The summed E-state index contributed by atoms with van der Waals surface area (Å²) in [6.07, 6.45) is 1.33. The highest BCUT2D eigenvalue weighted by Crippen LogP contribution is 2.36. The van der Waals surface area contributed by atoms with Crippen LogP contribution >= 0.6 is 0 Å². The second-order valence-electron chi connectivity index (χ2n) is 6.09. The number of ether oxygens (including phenoxy) is 1. The quantitative estimate of drug-likeness (QED) is 0.496. The fourth-order valence-electron chi connectivity index (χ4n) is 3.02. The molecule has 0 fully saturated rings. The van der Waals surface area contributed by atoms with Crippen molar-refractivity contribution in [2.75, 3.05) is 25.6 Å². The van der Waals surface area contributed by atoms with Gasteiger partial charge in [0.25, 0.3) is 0 Å². The maximum Gasteiger partial charge on any atom is 0.341 e. The molecule has 0 spiro atoms. The molecule has 2 aromatic carbocycles. The van der Waals surface area contributed by atoms with E-state index in [1.54, 1.807) is 38.1 Å². The molecule has 3 aromatic rings. The minimum atomic E-state index is -1.28. The minimum absolute atomic E-state index is 0.206. The molecule has 0 bridgehead atoms. The van der Waals surface area contributed by atoms with Gasteiger partial charge < -0.3 is 9.64 Å². The van der Waals surface area contributed by atoms with Gasteiger partial charge in [-0.05, 0) is 13.0 Å². The summed E-state index contributed by atoms with van der Waals surface area (Å²) in [6, 6.07) is 6.25. The lowest BCUT2D eigenvalue weighted by Crippen LogP contribution is -2.16. The lowest BCUT2D eigenvalue weighted by Gasteiger charge is -2.20. The maximum atomic E-state index is 14.3. The summed E-state index contributed by atoms with van der Waals surface area (Å²) >= 11 is 0. The largest absolute Gasteiger partial charge is 0.462 e. The minimum Gasteiger partial charge on any atom is -0.462 e. The van der Waals surface area contributed by atoms with E-state index in [2.05, 4.69) is 4.98 Å². The molecule has 0 saturated heterocycles. The van der Waals surface area contributed by atoms with Crippen molar-refractivity contribution in [3.63, 3.8) is 0 Å². The molecular formula is C20H17F3N2O2. The fourth-order valence-corrected chi connectivity index (χ4v) is 3.02. The van der Waals surface area contributed by atoms with Crippen LogP contribution in [0.3, 0.4) is 0 Å². The van der Waals surface area contributed by atoms with Crippen LogP contribution in [0.15, 0.2) is 36.5 Å². The summed E-state index contributed by atoms with van der Waals surface area (Å²) in [5, 5.41) is 0.534. The van der Waals surface area contributed by atoms with E-state index in [4.69, 9.17) is 4.74 Å². The monoisotopic (exact) mass is 374 g/mol. The number of esters is 1. The number of anilines is 1. The SMILES string of the molecule is CCOC(=O)c1cnc2c(-c3cc(F)cc(F)c3F)cccc2c1N(C)C. The Hall–Kier alpha value is -3.09. The van der Waals surface area contributed by atoms with Crippen LogP contribution in [0.2, 0.25) is 0 Å². The van der Waals surface area contributed by atoms with E-state index in [0.717, 1.165) is 6.07 Å². The molecule has 1 aromatic heterocycles. The molecule has 140 valence electrons. The predicted octanol–water partition coefficient (Wildman–Crippen LogP) is 4.56. The molecule has 0 atom stereocenters. The third-order valence-corrected chi connectivity index (χ3v) is 4.09. The Kier molecular flexibility index (Phi) is 5.03. The van der Waals surface area contributed by atoms with Crippen molar-refractivity contribution in [2.45, 2.75) is 6.92 Å². The molecule has 0 aliphatic heterocycles. The van der Waals surface area contributed by atoms with E-state index >= 15 is 0 Å². The predicted molar refractivity (Wildman–Crippen MR) is 97.3 cm³/mol. The van der Waals surface area contributed by atoms with Gasteiger partial charge >= 0.3 is 5.97 Å². The highest BCUT2D eigenvalue weighted by molar-refractivity contribution is 6.08. The molecule has 0 aliphatic rings. The number of rotatable bonds is 4. The number of hydrogen-bond donors (Lipinski definition) is 0. The third-order valence-electron chi connectivity index (χ3n) is 4.09. The number of carbonyl (C=O) groups is 1. The van der Waals surface area contributed by atoms with Crippen LogP contribution in [0, 0.1) is 17.5 Å². The highest BCUT2D eigenvalue weighted by Gasteiger charge is 2.21. The molecular weight excluding hydrogens is 357 g/mol. The fraction of sp³-hybridized carbons (Fsp3) is 0.200. The van der Waals surface area contributed by atoms with Gasteiger partial charge in [-0.2, -0.15) is 0 Å². The van der Waals surface area contributed by atoms with E-state index in [0.29, 0.717) is 22.7 Å². The second kappa shape index (κ2) is 7.26. The summed E-state index contributed by atoms with van der Waals surface area (Å²) in [5.41, 5.74) is 1.08. The molecule has 0 radical (unpaired) electrons. The van der Waals surface area contributed by atoms with Gasteiger partial charge in [-0.25, -0.2) is 18.0 Å². The van der Waals surface area contributed by atoms with Crippen LogP contribution in [0.4, 0.5) is 18.9 Å². The first kappa shape index (κ1) is 18.7. The number of aromatic nitrogens is 1. The number of pyridine rings is 1. The lowest BCUT2D eigenvalue weighted by atomic mass is 9.99. The van der Waals surface area contributed by atoms with E-state index in [-0.39, 0.29) is 23.3 Å². The maximum absolute atomic E-state index is 14.3. The Labute approximate surface area is 154 Å². The molecule has 27 heavy (non-hydrogen) atoms. The van der Waals surface area contributed by atoms with E-state index < -0.39 is 23.4 Å². The standard InChI is InChI=1S/C20H17F3N2O2/c1-4-27-20(26)15-10-24-18-12(6-5-7-13(18)19(15)25(2)3)14-8-11(21)9-16(22)17(14)23/h5-10H,4H2,1-3H3. The van der Waals surface area contributed by atoms with Crippen LogP contribution in [0.1, 0.15) is 17.3 Å². The number of halogens is 3. The van der Waals surface area contributed by atoms with Crippen LogP contribution in [0.25, 0.3) is 22.0 Å². The van der Waals surface area contributed by atoms with E-state index in [1.165, 1.54) is 12.3 Å². The van der Waals surface area contributed by atoms with Gasteiger partial charge in [-0.1, -0.05) is 18.2 Å². The highest BCUT2D eigenvalue weighted by atomic mass is 19.2. The van der Waals surface area contributed by atoms with Crippen LogP contribution in [0.5, 0.6) is 0 Å². The number of nitrogens with zero attached hydrogens (tertiary/aromatic N) is 2. The van der Waals surface area contributed by atoms with Crippen molar-refractivity contribution in [1.82, 2.24) is 4.98 Å². The molecule has 7 heteroatoms. The van der Waals surface area contributed by atoms with Crippen LogP contribution in [-0.4, -0.2) is 31.7 Å². The molecule has 4 nitrogen and oxygen atoms in total. The van der Waals surface area contributed by atoms with Gasteiger partial charge in [0, 0.05) is 42.9 Å². The summed E-state index contributed by atoms with van der Waals surface area (Å²) < 4.78 is 46.7. The molecule has 3 rings (SSSR count). The van der Waals surface area contributed by atoms with Crippen molar-refractivity contribution < 1.29 is 22.7 Å². The van der Waals surface area contributed by atoms with E-state index in [1.807, 2.05) is 0 Å². The lowest BCUT2D eigenvalue weighted by molar-refractivity contribution is 0.0527. The smallest absolute Gasteiger partial charge is 0.341 e. The van der Waals surface area contributed by atoms with Gasteiger partial charge in [0.05, 0.1) is 17.8 Å². The Morgan fingerprint density at radius 2 is 1.89 bits per heavy atom. The van der Waals surface area contributed by atoms with Gasteiger partial charge in [0.15, 0.2) is 11.6 Å². The molecule has 0 N–H and O–H groups in total. The average Bonchev–Trinajstić information content (AvgIpc) is 2.63. The first-order valence-electron chi connectivity index (χ1n) is 8.26. The zero-order valence-corrected chi connectivity index (χ0v) is 15.0. The number of hydrogen-bond acceptors (Lipinski definition) is 4. The average molecular weight is 374 g/mol. The van der Waals surface area contributed by atoms with E-state index in [9.17, 15) is 18.0 Å². The Morgan fingerprint density at radius 3 is 2.56 bits per heavy atom. The summed E-state index contributed by atoms with van der Waals surface area (Å²) in [4.78, 5) is 18.2. The molecule has 0 aliphatic carbocycles. The Bertz CT molecular complexity index is 1040. The molecule has 1 heterocycles. The topological polar surface area (TPSA) is 42.4 Å². The number of benzene rings is 2. The molecule has 0 unspecified atom stereocenters. The van der Waals surface area contributed by atoms with Crippen LogP contribution in [-0.2, 0) is 4.74 Å². The number of fused-ring (bicyclic) bond motifs is 1. The number of carbonyl (C=O) groups excluding carboxylic acids is 1. The Morgan fingerprint density at radius 1 is 1.15 bits per heavy atom. The van der Waals surface area contributed by atoms with Crippen molar-refractivity contribution in [3.05, 3.63) is 59.5 Å². The van der Waals surface area contributed by atoms with Crippen LogP contribution < -0.4 is 4.90 Å². The second-order valence-corrected chi connectivity index (χ2v) is 6.09. The summed E-state index contributed by atoms with van der Waals surface area (Å²) in [6.45, 7) is 1.90. The van der Waals surface area contributed by atoms with Gasteiger partial charge in [-0.15, -0.1) is 0 Å². The van der Waals surface area contributed by atoms with Crippen molar-refractivity contribution in [3.8, 4) is 11.1 Å².